The highest BCUT2D eigenvalue weighted by Crippen LogP contribution is 2.42. The average Bonchev–Trinajstić information content (AvgIpc) is 3.88. The molecule has 3 heterocycles. The van der Waals surface area contributed by atoms with Gasteiger partial charge in [0, 0.05) is 38.7 Å². The summed E-state index contributed by atoms with van der Waals surface area (Å²) in [6, 6.07) is 82.1. The van der Waals surface area contributed by atoms with E-state index in [2.05, 4.69) is 240 Å². The van der Waals surface area contributed by atoms with E-state index in [0.717, 1.165) is 77.9 Å². The number of nitrogens with zero attached hydrogens (tertiary/aromatic N) is 4. The van der Waals surface area contributed by atoms with Gasteiger partial charge in [-0.05, 0) is 88.0 Å². The summed E-state index contributed by atoms with van der Waals surface area (Å²) in [5.41, 5.74) is 17.3. The van der Waals surface area contributed by atoms with E-state index in [1.807, 2.05) is 0 Å². The Morgan fingerprint density at radius 2 is 0.806 bits per heavy atom. The number of hydrogen-bond acceptors (Lipinski definition) is 2. The zero-order valence-electron chi connectivity index (χ0n) is 33.7. The molecule has 0 aliphatic carbocycles. The van der Waals surface area contributed by atoms with Gasteiger partial charge in [-0.15, -0.1) is 0 Å². The Balaban J connectivity index is 1.07. The van der Waals surface area contributed by atoms with Crippen molar-refractivity contribution < 1.29 is 0 Å². The maximum absolute atomic E-state index is 5.55. The minimum absolute atomic E-state index is 0.683. The van der Waals surface area contributed by atoms with Gasteiger partial charge in [0.1, 0.15) is 5.52 Å². The van der Waals surface area contributed by atoms with Crippen molar-refractivity contribution in [3.8, 4) is 67.4 Å². The first-order chi connectivity index (χ1) is 30.8. The van der Waals surface area contributed by atoms with Gasteiger partial charge in [0.25, 0.3) is 0 Å². The van der Waals surface area contributed by atoms with Crippen LogP contribution in [-0.2, 0) is 0 Å². The monoisotopic (exact) mass is 790 g/mol. The van der Waals surface area contributed by atoms with Crippen LogP contribution in [-0.4, -0.2) is 19.1 Å². The minimum Gasteiger partial charge on any atom is -0.309 e. The maximum Gasteiger partial charge on any atom is 0.160 e. The molecule has 4 heteroatoms. The molecule has 0 saturated carbocycles. The molecule has 0 N–H and O–H groups in total. The highest BCUT2D eigenvalue weighted by molar-refractivity contribution is 6.16. The summed E-state index contributed by atoms with van der Waals surface area (Å²) in [6.45, 7) is 0. The number of aromatic nitrogens is 4. The van der Waals surface area contributed by atoms with E-state index in [1.165, 1.54) is 27.4 Å². The van der Waals surface area contributed by atoms with Gasteiger partial charge in [0.2, 0.25) is 0 Å². The van der Waals surface area contributed by atoms with E-state index in [-0.39, 0.29) is 0 Å². The van der Waals surface area contributed by atoms with E-state index >= 15 is 0 Å². The molecule has 0 unspecified atom stereocenters. The Kier molecular flexibility index (Phi) is 8.46. The highest BCUT2D eigenvalue weighted by atomic mass is 15.0. The van der Waals surface area contributed by atoms with E-state index in [1.54, 1.807) is 0 Å². The molecular weight excluding hydrogens is 753 g/mol. The predicted octanol–water partition coefficient (Wildman–Crippen LogP) is 15.0. The number of hydrogen-bond donors (Lipinski definition) is 0. The van der Waals surface area contributed by atoms with Crippen LogP contribution in [0.2, 0.25) is 0 Å². The van der Waals surface area contributed by atoms with Crippen LogP contribution >= 0.6 is 0 Å². The third kappa shape index (κ3) is 5.92. The molecular formula is C58H38N4. The van der Waals surface area contributed by atoms with E-state index < -0.39 is 0 Å². The van der Waals surface area contributed by atoms with E-state index in [0.29, 0.717) is 5.82 Å². The Morgan fingerprint density at radius 3 is 1.55 bits per heavy atom. The van der Waals surface area contributed by atoms with Crippen LogP contribution in [0, 0.1) is 0 Å². The number of para-hydroxylation sites is 3. The second-order valence-electron chi connectivity index (χ2n) is 15.8. The molecule has 0 atom stereocenters. The standard InChI is InChI=1S/C58H38N4/c1-4-18-39(19-5-1)41-22-14-25-44(36-41)55-57-56(50-31-11-13-34-52(50)62(57)46-27-8-3-9-28-46)60-58(59-55)45-26-15-24-43(37-45)48-32-17-35-53-54(48)49-30-10-12-33-51(49)61(53)47-29-16-23-42(38-47)40-20-6-2-7-21-40/h1-38H. The molecule has 4 nitrogen and oxygen atoms in total. The first-order valence-corrected chi connectivity index (χ1v) is 21.1. The fraction of sp³-hybridized carbons (Fsp3) is 0. The summed E-state index contributed by atoms with van der Waals surface area (Å²) in [6.07, 6.45) is 0. The summed E-state index contributed by atoms with van der Waals surface area (Å²) in [5, 5.41) is 3.51. The molecule has 12 aromatic rings. The Bertz CT molecular complexity index is 3620. The van der Waals surface area contributed by atoms with Gasteiger partial charge < -0.3 is 9.13 Å². The third-order valence-electron chi connectivity index (χ3n) is 12.1. The van der Waals surface area contributed by atoms with Crippen molar-refractivity contribution in [1.29, 1.82) is 0 Å². The second-order valence-corrected chi connectivity index (χ2v) is 15.8. The van der Waals surface area contributed by atoms with Gasteiger partial charge >= 0.3 is 0 Å². The van der Waals surface area contributed by atoms with Gasteiger partial charge in [0.05, 0.1) is 27.8 Å². The number of fused-ring (bicyclic) bond motifs is 6. The van der Waals surface area contributed by atoms with Crippen molar-refractivity contribution in [3.05, 3.63) is 231 Å². The predicted molar refractivity (Wildman–Crippen MR) is 258 cm³/mol. The number of rotatable bonds is 7. The van der Waals surface area contributed by atoms with Crippen molar-refractivity contribution in [2.24, 2.45) is 0 Å². The van der Waals surface area contributed by atoms with Crippen LogP contribution in [0.1, 0.15) is 0 Å². The van der Waals surface area contributed by atoms with Crippen LogP contribution in [0.25, 0.3) is 111 Å². The summed E-state index contributed by atoms with van der Waals surface area (Å²) in [4.78, 5) is 11.0. The summed E-state index contributed by atoms with van der Waals surface area (Å²) < 4.78 is 4.72. The summed E-state index contributed by atoms with van der Waals surface area (Å²) >= 11 is 0. The topological polar surface area (TPSA) is 35.6 Å². The molecule has 62 heavy (non-hydrogen) atoms. The lowest BCUT2D eigenvalue weighted by Gasteiger charge is -2.14. The SMILES string of the molecule is c1ccc(-c2cccc(-c3nc(-c4cccc(-c5cccc6c5c5ccccc5n6-c5cccc(-c6ccccc6)c5)c4)nc4c5ccccc5n(-c5ccccc5)c34)c2)cc1. The molecule has 0 spiro atoms. The smallest absolute Gasteiger partial charge is 0.160 e. The van der Waals surface area contributed by atoms with Crippen molar-refractivity contribution in [2.45, 2.75) is 0 Å². The van der Waals surface area contributed by atoms with Crippen molar-refractivity contribution >= 4 is 43.7 Å². The zero-order chi connectivity index (χ0) is 41.0. The van der Waals surface area contributed by atoms with Crippen LogP contribution in [0.5, 0.6) is 0 Å². The summed E-state index contributed by atoms with van der Waals surface area (Å²) in [5.74, 6) is 0.683. The third-order valence-corrected chi connectivity index (χ3v) is 12.1. The first-order valence-electron chi connectivity index (χ1n) is 21.1. The number of benzene rings is 9. The Hall–Kier alpha value is -8.34. The molecule has 9 aromatic carbocycles. The lowest BCUT2D eigenvalue weighted by Crippen LogP contribution is -2.00. The largest absolute Gasteiger partial charge is 0.309 e. The molecule has 0 aliphatic rings. The van der Waals surface area contributed by atoms with E-state index in [4.69, 9.17) is 9.97 Å². The second kappa shape index (κ2) is 14.7. The highest BCUT2D eigenvalue weighted by Gasteiger charge is 2.22. The molecule has 290 valence electrons. The molecule has 0 radical (unpaired) electrons. The van der Waals surface area contributed by atoms with Gasteiger partial charge in [-0.2, -0.15) is 0 Å². The van der Waals surface area contributed by atoms with Crippen molar-refractivity contribution in [1.82, 2.24) is 19.1 Å². The molecule has 0 bridgehead atoms. The molecule has 0 saturated heterocycles. The molecule has 12 rings (SSSR count). The lowest BCUT2D eigenvalue weighted by atomic mass is 9.97. The average molecular weight is 791 g/mol. The van der Waals surface area contributed by atoms with Crippen LogP contribution in [0.15, 0.2) is 231 Å². The van der Waals surface area contributed by atoms with Crippen molar-refractivity contribution in [2.75, 3.05) is 0 Å². The van der Waals surface area contributed by atoms with Gasteiger partial charge in [-0.3, -0.25) is 0 Å². The lowest BCUT2D eigenvalue weighted by molar-refractivity contribution is 1.15. The normalized spacial score (nSPS) is 11.5. The fourth-order valence-electron chi connectivity index (χ4n) is 9.32. The van der Waals surface area contributed by atoms with Gasteiger partial charge in [-0.25, -0.2) is 9.97 Å². The van der Waals surface area contributed by atoms with Crippen LogP contribution in [0.3, 0.4) is 0 Å². The van der Waals surface area contributed by atoms with E-state index in [9.17, 15) is 0 Å². The van der Waals surface area contributed by atoms with Gasteiger partial charge in [-0.1, -0.05) is 176 Å². The first kappa shape index (κ1) is 35.6. The molecule has 0 aliphatic heterocycles. The summed E-state index contributed by atoms with van der Waals surface area (Å²) in [7, 11) is 0. The van der Waals surface area contributed by atoms with Crippen molar-refractivity contribution in [3.63, 3.8) is 0 Å². The Labute approximate surface area is 359 Å². The quantitative estimate of drug-likeness (QED) is 0.161. The van der Waals surface area contributed by atoms with Crippen LogP contribution < -0.4 is 0 Å². The molecule has 0 amide bonds. The minimum atomic E-state index is 0.683. The molecule has 0 fully saturated rings. The molecule has 3 aromatic heterocycles. The Morgan fingerprint density at radius 1 is 0.306 bits per heavy atom. The van der Waals surface area contributed by atoms with Gasteiger partial charge in [0.15, 0.2) is 5.82 Å². The zero-order valence-corrected chi connectivity index (χ0v) is 33.7. The maximum atomic E-state index is 5.55. The van der Waals surface area contributed by atoms with Crippen LogP contribution in [0.4, 0.5) is 0 Å². The fourth-order valence-corrected chi connectivity index (χ4v) is 9.32.